The Kier molecular flexibility index (Phi) is 4.82. The molecule has 1 amide bonds. The lowest BCUT2D eigenvalue weighted by Crippen LogP contribution is -2.57. The molecule has 1 atom stereocenters. The molecule has 4 bridgehead atoms. The van der Waals surface area contributed by atoms with E-state index in [1.54, 1.807) is 0 Å². The van der Waals surface area contributed by atoms with Crippen LogP contribution in [0.5, 0.6) is 0 Å². The lowest BCUT2D eigenvalue weighted by Gasteiger charge is -2.59. The van der Waals surface area contributed by atoms with Crippen molar-refractivity contribution in [2.45, 2.75) is 51.5 Å². The number of hydrogen-bond donors (Lipinski definition) is 2. The van der Waals surface area contributed by atoms with Crippen LogP contribution in [0.25, 0.3) is 0 Å². The Hall–Kier alpha value is -0.690. The van der Waals surface area contributed by atoms with Crippen molar-refractivity contribution < 1.29 is 4.79 Å². The largest absolute Gasteiger partial charge is 0.359 e. The molecule has 5 rings (SSSR count). The molecule has 0 aliphatic heterocycles. The van der Waals surface area contributed by atoms with Gasteiger partial charge in [-0.25, -0.2) is 0 Å². The van der Waals surface area contributed by atoms with Gasteiger partial charge in [0, 0.05) is 15.2 Å². The Balaban J connectivity index is 1.38. The molecule has 1 aromatic carbocycles. The van der Waals surface area contributed by atoms with E-state index in [1.807, 2.05) is 24.3 Å². The second-order valence-corrected chi connectivity index (χ2v) is 10.1. The molecule has 3 nitrogen and oxygen atoms in total. The Bertz CT molecular complexity index is 669. The summed E-state index contributed by atoms with van der Waals surface area (Å²) < 4.78 is 1.05. The zero-order chi connectivity index (χ0) is 17.6. The molecule has 0 radical (unpaired) electrons. The standard InChI is InChI=1S/C20H25IN2OS/c1-12(20-9-13-5-14(10-20)7-15(6-13)11-20)22-19(25)23-18(24)16-3-2-4-17(21)8-16/h2-4,8,12-15H,5-7,9-11H2,1H3,(H2,22,23,24,25)/t12-,13?,14?,15?,20?/m0/s1. The molecule has 0 unspecified atom stereocenters. The molecule has 0 aromatic heterocycles. The molecule has 0 heterocycles. The summed E-state index contributed by atoms with van der Waals surface area (Å²) in [6, 6.07) is 7.89. The van der Waals surface area contributed by atoms with Crippen molar-refractivity contribution >= 4 is 45.8 Å². The fourth-order valence-electron chi connectivity index (χ4n) is 5.90. The third-order valence-electron chi connectivity index (χ3n) is 6.67. The van der Waals surface area contributed by atoms with Crippen LogP contribution in [-0.4, -0.2) is 17.1 Å². The molecule has 0 saturated heterocycles. The molecule has 25 heavy (non-hydrogen) atoms. The van der Waals surface area contributed by atoms with Gasteiger partial charge in [0.1, 0.15) is 0 Å². The van der Waals surface area contributed by atoms with Crippen LogP contribution in [0, 0.1) is 26.7 Å². The predicted molar refractivity (Wildman–Crippen MR) is 112 cm³/mol. The molecule has 4 aliphatic carbocycles. The fourth-order valence-corrected chi connectivity index (χ4v) is 6.71. The SMILES string of the molecule is C[C@H](NC(=S)NC(=O)c1cccc(I)c1)C12CC3CC(CC(C3)C1)C2. The molecule has 4 fully saturated rings. The van der Waals surface area contributed by atoms with E-state index in [0.29, 0.717) is 22.1 Å². The van der Waals surface area contributed by atoms with Crippen LogP contribution in [0.1, 0.15) is 55.8 Å². The Labute approximate surface area is 168 Å². The van der Waals surface area contributed by atoms with E-state index in [-0.39, 0.29) is 5.91 Å². The van der Waals surface area contributed by atoms with Gasteiger partial charge >= 0.3 is 0 Å². The summed E-state index contributed by atoms with van der Waals surface area (Å²) in [4.78, 5) is 12.4. The highest BCUT2D eigenvalue weighted by atomic mass is 127. The number of halogens is 1. The fraction of sp³-hybridized carbons (Fsp3) is 0.600. The van der Waals surface area contributed by atoms with E-state index in [2.05, 4.69) is 40.1 Å². The van der Waals surface area contributed by atoms with E-state index < -0.39 is 0 Å². The van der Waals surface area contributed by atoms with Gasteiger partial charge in [0.25, 0.3) is 5.91 Å². The van der Waals surface area contributed by atoms with Crippen LogP contribution in [0.2, 0.25) is 0 Å². The lowest BCUT2D eigenvalue weighted by atomic mass is 9.48. The number of nitrogens with one attached hydrogen (secondary N) is 2. The first kappa shape index (κ1) is 17.7. The minimum Gasteiger partial charge on any atom is -0.359 e. The number of amides is 1. The minimum absolute atomic E-state index is 0.131. The third-order valence-corrected chi connectivity index (χ3v) is 7.56. The van der Waals surface area contributed by atoms with Crippen LogP contribution in [0.3, 0.4) is 0 Å². The number of benzene rings is 1. The van der Waals surface area contributed by atoms with Gasteiger partial charge in [0.2, 0.25) is 0 Å². The summed E-state index contributed by atoms with van der Waals surface area (Å²) in [5.74, 6) is 2.63. The maximum atomic E-state index is 12.4. The Morgan fingerprint density at radius 1 is 1.20 bits per heavy atom. The third kappa shape index (κ3) is 3.59. The average molecular weight is 468 g/mol. The van der Waals surface area contributed by atoms with Crippen LogP contribution in [0.15, 0.2) is 24.3 Å². The highest BCUT2D eigenvalue weighted by molar-refractivity contribution is 14.1. The second-order valence-electron chi connectivity index (χ2n) is 8.44. The van der Waals surface area contributed by atoms with Gasteiger partial charge in [-0.1, -0.05) is 6.07 Å². The number of carbonyl (C=O) groups excluding carboxylic acids is 1. The van der Waals surface area contributed by atoms with Crippen LogP contribution < -0.4 is 10.6 Å². The van der Waals surface area contributed by atoms with Crippen molar-refractivity contribution in [3.63, 3.8) is 0 Å². The van der Waals surface area contributed by atoms with Crippen LogP contribution in [-0.2, 0) is 0 Å². The van der Waals surface area contributed by atoms with E-state index in [4.69, 9.17) is 12.2 Å². The van der Waals surface area contributed by atoms with Gasteiger partial charge in [-0.15, -0.1) is 0 Å². The summed E-state index contributed by atoms with van der Waals surface area (Å²) in [5, 5.41) is 6.78. The molecule has 4 aliphatic rings. The number of carbonyl (C=O) groups is 1. The molecule has 134 valence electrons. The molecular weight excluding hydrogens is 443 g/mol. The van der Waals surface area contributed by atoms with Gasteiger partial charge in [-0.05, 0) is 122 Å². The van der Waals surface area contributed by atoms with Crippen molar-refractivity contribution in [2.24, 2.45) is 23.2 Å². The Morgan fingerprint density at radius 2 is 1.80 bits per heavy atom. The van der Waals surface area contributed by atoms with Gasteiger partial charge < -0.3 is 5.32 Å². The van der Waals surface area contributed by atoms with Crippen molar-refractivity contribution in [3.05, 3.63) is 33.4 Å². The number of hydrogen-bond acceptors (Lipinski definition) is 2. The maximum absolute atomic E-state index is 12.4. The summed E-state index contributed by atoms with van der Waals surface area (Å²) in [6.07, 6.45) is 8.33. The molecule has 2 N–H and O–H groups in total. The molecular formula is C20H25IN2OS. The first-order valence-electron chi connectivity index (χ1n) is 9.31. The van der Waals surface area contributed by atoms with Gasteiger partial charge in [-0.3, -0.25) is 10.1 Å². The van der Waals surface area contributed by atoms with E-state index in [9.17, 15) is 4.79 Å². The van der Waals surface area contributed by atoms with Gasteiger partial charge in [0.15, 0.2) is 5.11 Å². The zero-order valence-electron chi connectivity index (χ0n) is 14.6. The molecule has 5 heteroatoms. The van der Waals surface area contributed by atoms with Gasteiger partial charge in [-0.2, -0.15) is 0 Å². The quantitative estimate of drug-likeness (QED) is 0.507. The highest BCUT2D eigenvalue weighted by Crippen LogP contribution is 2.61. The van der Waals surface area contributed by atoms with E-state index >= 15 is 0 Å². The summed E-state index contributed by atoms with van der Waals surface area (Å²) >= 11 is 7.66. The number of rotatable bonds is 3. The van der Waals surface area contributed by atoms with E-state index in [0.717, 1.165) is 21.3 Å². The highest BCUT2D eigenvalue weighted by Gasteiger charge is 2.53. The first-order valence-corrected chi connectivity index (χ1v) is 10.8. The van der Waals surface area contributed by atoms with E-state index in [1.165, 1.54) is 38.5 Å². The first-order chi connectivity index (χ1) is 11.9. The second kappa shape index (κ2) is 6.80. The van der Waals surface area contributed by atoms with Gasteiger partial charge in [0.05, 0.1) is 0 Å². The Morgan fingerprint density at radius 3 is 2.36 bits per heavy atom. The van der Waals surface area contributed by atoms with Crippen LogP contribution >= 0.6 is 34.8 Å². The average Bonchev–Trinajstić information content (AvgIpc) is 2.53. The predicted octanol–water partition coefficient (Wildman–Crippen LogP) is 4.50. The summed E-state index contributed by atoms with van der Waals surface area (Å²) in [6.45, 7) is 2.26. The maximum Gasteiger partial charge on any atom is 0.257 e. The summed E-state index contributed by atoms with van der Waals surface area (Å²) in [7, 11) is 0. The van der Waals surface area contributed by atoms with Crippen molar-refractivity contribution in [1.82, 2.24) is 10.6 Å². The number of thiocarbonyl (C=S) groups is 1. The molecule has 4 saturated carbocycles. The van der Waals surface area contributed by atoms with Crippen molar-refractivity contribution in [1.29, 1.82) is 0 Å². The molecule has 1 aromatic rings. The monoisotopic (exact) mass is 468 g/mol. The normalized spacial score (nSPS) is 33.8. The zero-order valence-corrected chi connectivity index (χ0v) is 17.5. The topological polar surface area (TPSA) is 41.1 Å². The van der Waals surface area contributed by atoms with Crippen molar-refractivity contribution in [3.8, 4) is 0 Å². The lowest BCUT2D eigenvalue weighted by molar-refractivity contribution is -0.0672. The van der Waals surface area contributed by atoms with Crippen LogP contribution in [0.4, 0.5) is 0 Å². The summed E-state index contributed by atoms with van der Waals surface area (Å²) in [5.41, 5.74) is 1.03. The molecule has 0 spiro atoms. The van der Waals surface area contributed by atoms with Crippen molar-refractivity contribution in [2.75, 3.05) is 0 Å². The smallest absolute Gasteiger partial charge is 0.257 e. The minimum atomic E-state index is -0.131.